The molecular formula is C15H16O4. The second-order valence-electron chi connectivity index (χ2n) is 4.54. The molecule has 0 radical (unpaired) electrons. The SMILES string of the molecule is Oc1cccc(C[C@@H](O)Cc2ccc(O)cc2O)c1. The first-order valence-electron chi connectivity index (χ1n) is 6.01. The third-order valence-corrected chi connectivity index (χ3v) is 2.91. The summed E-state index contributed by atoms with van der Waals surface area (Å²) in [6, 6.07) is 11.0. The van der Waals surface area contributed by atoms with Crippen LogP contribution in [0.1, 0.15) is 11.1 Å². The first kappa shape index (κ1) is 13.2. The molecule has 4 nitrogen and oxygen atoms in total. The van der Waals surface area contributed by atoms with Crippen LogP contribution in [0.25, 0.3) is 0 Å². The summed E-state index contributed by atoms with van der Waals surface area (Å²) < 4.78 is 0. The average molecular weight is 260 g/mol. The van der Waals surface area contributed by atoms with E-state index >= 15 is 0 Å². The molecule has 0 aliphatic heterocycles. The van der Waals surface area contributed by atoms with Gasteiger partial charge in [-0.2, -0.15) is 0 Å². The number of aromatic hydroxyl groups is 3. The first-order valence-corrected chi connectivity index (χ1v) is 6.01. The molecule has 0 saturated heterocycles. The highest BCUT2D eigenvalue weighted by atomic mass is 16.3. The molecule has 0 bridgehead atoms. The lowest BCUT2D eigenvalue weighted by molar-refractivity contribution is 0.174. The summed E-state index contributed by atoms with van der Waals surface area (Å²) in [5, 5.41) is 38.2. The number of rotatable bonds is 4. The van der Waals surface area contributed by atoms with Gasteiger partial charge in [-0.05, 0) is 35.7 Å². The number of aliphatic hydroxyl groups excluding tert-OH is 1. The van der Waals surface area contributed by atoms with E-state index in [1.807, 2.05) is 6.07 Å². The minimum atomic E-state index is -0.669. The fourth-order valence-corrected chi connectivity index (χ4v) is 2.01. The number of hydrogen-bond acceptors (Lipinski definition) is 4. The van der Waals surface area contributed by atoms with Crippen LogP contribution in [0.5, 0.6) is 17.2 Å². The lowest BCUT2D eigenvalue weighted by Gasteiger charge is -2.12. The lowest BCUT2D eigenvalue weighted by atomic mass is 10.0. The average Bonchev–Trinajstić information content (AvgIpc) is 2.33. The van der Waals surface area contributed by atoms with Gasteiger partial charge in [-0.3, -0.25) is 0 Å². The molecule has 0 saturated carbocycles. The van der Waals surface area contributed by atoms with Gasteiger partial charge in [0.2, 0.25) is 0 Å². The number of phenols is 3. The Labute approximate surface area is 111 Å². The van der Waals surface area contributed by atoms with Crippen molar-refractivity contribution < 1.29 is 20.4 Å². The monoisotopic (exact) mass is 260 g/mol. The molecule has 4 N–H and O–H groups in total. The van der Waals surface area contributed by atoms with Gasteiger partial charge in [0.1, 0.15) is 17.2 Å². The molecule has 2 aromatic rings. The molecule has 0 fully saturated rings. The smallest absolute Gasteiger partial charge is 0.122 e. The summed E-state index contributed by atoms with van der Waals surface area (Å²) in [5.74, 6) is 0.121. The minimum absolute atomic E-state index is 0.0104. The summed E-state index contributed by atoms with van der Waals surface area (Å²) in [7, 11) is 0. The van der Waals surface area contributed by atoms with Crippen LogP contribution in [0.2, 0.25) is 0 Å². The maximum atomic E-state index is 9.99. The second kappa shape index (κ2) is 5.63. The molecule has 0 spiro atoms. The molecule has 2 aromatic carbocycles. The molecule has 4 heteroatoms. The van der Waals surface area contributed by atoms with E-state index in [9.17, 15) is 20.4 Å². The van der Waals surface area contributed by atoms with Crippen LogP contribution in [0.15, 0.2) is 42.5 Å². The van der Waals surface area contributed by atoms with Gasteiger partial charge >= 0.3 is 0 Å². The van der Waals surface area contributed by atoms with Crippen LogP contribution in [-0.2, 0) is 12.8 Å². The quantitative estimate of drug-likeness (QED) is 0.677. The van der Waals surface area contributed by atoms with Crippen molar-refractivity contribution in [1.82, 2.24) is 0 Å². The minimum Gasteiger partial charge on any atom is -0.508 e. The van der Waals surface area contributed by atoms with Crippen molar-refractivity contribution in [3.05, 3.63) is 53.6 Å². The van der Waals surface area contributed by atoms with E-state index in [-0.39, 0.29) is 23.7 Å². The summed E-state index contributed by atoms with van der Waals surface area (Å²) in [4.78, 5) is 0. The molecular weight excluding hydrogens is 244 g/mol. The molecule has 19 heavy (non-hydrogen) atoms. The molecule has 100 valence electrons. The second-order valence-corrected chi connectivity index (χ2v) is 4.54. The number of phenolic OH excluding ortho intramolecular Hbond substituents is 3. The summed E-state index contributed by atoms with van der Waals surface area (Å²) in [6.07, 6.45) is -0.00604. The molecule has 0 heterocycles. The van der Waals surface area contributed by atoms with Crippen molar-refractivity contribution in [2.75, 3.05) is 0 Å². The highest BCUT2D eigenvalue weighted by molar-refractivity contribution is 5.39. The Morgan fingerprint density at radius 3 is 2.26 bits per heavy atom. The summed E-state index contributed by atoms with van der Waals surface area (Å²) >= 11 is 0. The Morgan fingerprint density at radius 2 is 1.58 bits per heavy atom. The molecule has 2 rings (SSSR count). The highest BCUT2D eigenvalue weighted by Crippen LogP contribution is 2.24. The van der Waals surface area contributed by atoms with Crippen LogP contribution in [0.4, 0.5) is 0 Å². The topological polar surface area (TPSA) is 80.9 Å². The van der Waals surface area contributed by atoms with Crippen molar-refractivity contribution in [3.8, 4) is 17.2 Å². The van der Waals surface area contributed by atoms with Crippen molar-refractivity contribution in [1.29, 1.82) is 0 Å². The van der Waals surface area contributed by atoms with Gasteiger partial charge in [-0.25, -0.2) is 0 Å². The fourth-order valence-electron chi connectivity index (χ4n) is 2.01. The Hall–Kier alpha value is -2.20. The lowest BCUT2D eigenvalue weighted by Crippen LogP contribution is -2.13. The number of aliphatic hydroxyl groups is 1. The molecule has 0 aromatic heterocycles. The van der Waals surface area contributed by atoms with Gasteiger partial charge in [0, 0.05) is 12.5 Å². The highest BCUT2D eigenvalue weighted by Gasteiger charge is 2.10. The Balaban J connectivity index is 2.03. The van der Waals surface area contributed by atoms with Gasteiger partial charge in [-0.15, -0.1) is 0 Å². The zero-order valence-corrected chi connectivity index (χ0v) is 10.3. The zero-order valence-electron chi connectivity index (χ0n) is 10.3. The molecule has 0 amide bonds. The van der Waals surface area contributed by atoms with Gasteiger partial charge in [-0.1, -0.05) is 18.2 Å². The van der Waals surface area contributed by atoms with Crippen LogP contribution in [0.3, 0.4) is 0 Å². The fraction of sp³-hybridized carbons (Fsp3) is 0.200. The van der Waals surface area contributed by atoms with Crippen molar-refractivity contribution in [2.24, 2.45) is 0 Å². The third kappa shape index (κ3) is 3.63. The van der Waals surface area contributed by atoms with Crippen LogP contribution >= 0.6 is 0 Å². The van der Waals surface area contributed by atoms with Gasteiger partial charge < -0.3 is 20.4 Å². The third-order valence-electron chi connectivity index (χ3n) is 2.91. The Morgan fingerprint density at radius 1 is 0.842 bits per heavy atom. The number of hydrogen-bond donors (Lipinski definition) is 4. The van der Waals surface area contributed by atoms with Gasteiger partial charge in [0.15, 0.2) is 0 Å². The van der Waals surface area contributed by atoms with Crippen LogP contribution < -0.4 is 0 Å². The van der Waals surface area contributed by atoms with E-state index in [0.29, 0.717) is 12.0 Å². The largest absolute Gasteiger partial charge is 0.508 e. The maximum absolute atomic E-state index is 9.99. The van der Waals surface area contributed by atoms with Gasteiger partial charge in [0.05, 0.1) is 6.10 Å². The molecule has 0 unspecified atom stereocenters. The van der Waals surface area contributed by atoms with E-state index in [1.165, 1.54) is 12.1 Å². The van der Waals surface area contributed by atoms with E-state index in [4.69, 9.17) is 0 Å². The van der Waals surface area contributed by atoms with Crippen LogP contribution in [-0.4, -0.2) is 26.5 Å². The predicted octanol–water partition coefficient (Wildman–Crippen LogP) is 1.95. The summed E-state index contributed by atoms with van der Waals surface area (Å²) in [5.41, 5.74) is 1.40. The Kier molecular flexibility index (Phi) is 3.92. The van der Waals surface area contributed by atoms with E-state index in [1.54, 1.807) is 24.3 Å². The molecule has 0 aliphatic carbocycles. The standard InChI is InChI=1S/C15H16O4/c16-12-3-1-2-10(6-12)7-14(18)8-11-4-5-13(17)9-15(11)19/h1-6,9,14,16-19H,7-8H2/t14-/m1/s1. The maximum Gasteiger partial charge on any atom is 0.122 e. The predicted molar refractivity (Wildman–Crippen MR) is 71.3 cm³/mol. The van der Waals surface area contributed by atoms with Crippen molar-refractivity contribution in [3.63, 3.8) is 0 Å². The van der Waals surface area contributed by atoms with Crippen molar-refractivity contribution in [2.45, 2.75) is 18.9 Å². The van der Waals surface area contributed by atoms with E-state index in [2.05, 4.69) is 0 Å². The normalized spacial score (nSPS) is 12.3. The van der Waals surface area contributed by atoms with Gasteiger partial charge in [0.25, 0.3) is 0 Å². The molecule has 0 aliphatic rings. The van der Waals surface area contributed by atoms with E-state index in [0.717, 1.165) is 5.56 Å². The molecule has 1 atom stereocenters. The zero-order chi connectivity index (χ0) is 13.8. The first-order chi connectivity index (χ1) is 9.04. The Bertz CT molecular complexity index is 566. The number of benzene rings is 2. The summed E-state index contributed by atoms with van der Waals surface area (Å²) in [6.45, 7) is 0. The van der Waals surface area contributed by atoms with Crippen molar-refractivity contribution >= 4 is 0 Å². The van der Waals surface area contributed by atoms with Crippen LogP contribution in [0, 0.1) is 0 Å². The van der Waals surface area contributed by atoms with E-state index < -0.39 is 6.10 Å².